The highest BCUT2D eigenvalue weighted by Crippen LogP contribution is 2.09. The van der Waals surface area contributed by atoms with Gasteiger partial charge in [0.1, 0.15) is 0 Å². The Morgan fingerprint density at radius 3 is 2.84 bits per heavy atom. The normalized spacial score (nSPS) is 11.3. The average Bonchev–Trinajstić information content (AvgIpc) is 2.43. The number of nitrogens with one attached hydrogen (secondary N) is 1. The van der Waals surface area contributed by atoms with Gasteiger partial charge in [0.05, 0.1) is 6.54 Å². The van der Waals surface area contributed by atoms with Gasteiger partial charge in [0.2, 0.25) is 5.91 Å². The molecular formula is C16H22N2O. The summed E-state index contributed by atoms with van der Waals surface area (Å²) in [7, 11) is 0. The van der Waals surface area contributed by atoms with Crippen molar-refractivity contribution in [1.29, 1.82) is 0 Å². The highest BCUT2D eigenvalue weighted by Gasteiger charge is 2.11. The van der Waals surface area contributed by atoms with Crippen LogP contribution in [-0.4, -0.2) is 12.5 Å². The second-order valence-corrected chi connectivity index (χ2v) is 4.57. The number of hydrogen-bond acceptors (Lipinski definition) is 2. The predicted molar refractivity (Wildman–Crippen MR) is 78.3 cm³/mol. The van der Waals surface area contributed by atoms with E-state index in [-0.39, 0.29) is 11.8 Å². The van der Waals surface area contributed by atoms with Crippen LogP contribution in [0.25, 0.3) is 0 Å². The van der Waals surface area contributed by atoms with Crippen LogP contribution in [0.15, 0.2) is 24.3 Å². The van der Waals surface area contributed by atoms with Gasteiger partial charge in [-0.15, -0.1) is 0 Å². The molecule has 0 radical (unpaired) electrons. The van der Waals surface area contributed by atoms with Crippen molar-refractivity contribution in [2.45, 2.75) is 33.2 Å². The molecule has 1 unspecified atom stereocenters. The van der Waals surface area contributed by atoms with E-state index in [2.05, 4.69) is 24.1 Å². The molecule has 1 atom stereocenters. The highest BCUT2D eigenvalue weighted by molar-refractivity contribution is 5.78. The van der Waals surface area contributed by atoms with Crippen LogP contribution in [0.1, 0.15) is 37.8 Å². The van der Waals surface area contributed by atoms with Crippen LogP contribution >= 0.6 is 0 Å². The standard InChI is InChI=1S/C16H22N2O/c1-3-7-13(2)16(19)18-12-15-9-5-4-8-14(15)10-6-11-17/h4-5,8-9,13H,3,7,11-12,17H2,1-2H3,(H,18,19). The lowest BCUT2D eigenvalue weighted by Gasteiger charge is -2.12. The molecule has 1 aromatic carbocycles. The second-order valence-electron chi connectivity index (χ2n) is 4.57. The lowest BCUT2D eigenvalue weighted by Crippen LogP contribution is -2.28. The summed E-state index contributed by atoms with van der Waals surface area (Å²) in [4.78, 5) is 11.9. The smallest absolute Gasteiger partial charge is 0.223 e. The molecule has 0 aliphatic rings. The zero-order chi connectivity index (χ0) is 14.1. The summed E-state index contributed by atoms with van der Waals surface area (Å²) in [6, 6.07) is 7.81. The van der Waals surface area contributed by atoms with Crippen molar-refractivity contribution in [1.82, 2.24) is 5.32 Å². The lowest BCUT2D eigenvalue weighted by atomic mass is 10.0. The van der Waals surface area contributed by atoms with Gasteiger partial charge in [-0.1, -0.05) is 50.3 Å². The minimum atomic E-state index is 0.0623. The first-order valence-electron chi connectivity index (χ1n) is 6.73. The van der Waals surface area contributed by atoms with Crippen LogP contribution < -0.4 is 11.1 Å². The fourth-order valence-corrected chi connectivity index (χ4v) is 1.86. The molecule has 0 fully saturated rings. The number of carbonyl (C=O) groups excluding carboxylic acids is 1. The molecule has 0 spiro atoms. The molecule has 1 rings (SSSR count). The third kappa shape index (κ3) is 5.15. The van der Waals surface area contributed by atoms with Crippen molar-refractivity contribution in [2.24, 2.45) is 11.7 Å². The van der Waals surface area contributed by atoms with Gasteiger partial charge < -0.3 is 11.1 Å². The zero-order valence-electron chi connectivity index (χ0n) is 11.7. The maximum absolute atomic E-state index is 11.9. The molecule has 3 N–H and O–H groups in total. The third-order valence-electron chi connectivity index (χ3n) is 2.96. The van der Waals surface area contributed by atoms with Crippen LogP contribution in [0.5, 0.6) is 0 Å². The van der Waals surface area contributed by atoms with E-state index in [1.165, 1.54) is 0 Å². The second kappa shape index (κ2) is 8.34. The van der Waals surface area contributed by atoms with Crippen molar-refractivity contribution in [3.05, 3.63) is 35.4 Å². The SMILES string of the molecule is CCCC(C)C(=O)NCc1ccccc1C#CCN. The summed E-state index contributed by atoms with van der Waals surface area (Å²) in [5.41, 5.74) is 7.33. The van der Waals surface area contributed by atoms with E-state index in [1.54, 1.807) is 0 Å². The number of carbonyl (C=O) groups is 1. The van der Waals surface area contributed by atoms with Gasteiger partial charge in [-0.2, -0.15) is 0 Å². The third-order valence-corrected chi connectivity index (χ3v) is 2.96. The van der Waals surface area contributed by atoms with Crippen LogP contribution in [-0.2, 0) is 11.3 Å². The molecule has 3 heteroatoms. The minimum absolute atomic E-state index is 0.0623. The molecule has 102 valence electrons. The monoisotopic (exact) mass is 258 g/mol. The molecular weight excluding hydrogens is 236 g/mol. The molecule has 0 aliphatic heterocycles. The molecule has 3 nitrogen and oxygen atoms in total. The average molecular weight is 258 g/mol. The molecule has 1 amide bonds. The van der Waals surface area contributed by atoms with Gasteiger partial charge in [-0.25, -0.2) is 0 Å². The number of benzene rings is 1. The van der Waals surface area contributed by atoms with Crippen LogP contribution in [0, 0.1) is 17.8 Å². The summed E-state index contributed by atoms with van der Waals surface area (Å²) in [6.45, 7) is 4.90. The molecule has 0 aromatic heterocycles. The number of rotatable bonds is 5. The first-order valence-corrected chi connectivity index (χ1v) is 6.73. The van der Waals surface area contributed by atoms with Crippen molar-refractivity contribution < 1.29 is 4.79 Å². The number of amides is 1. The molecule has 0 saturated carbocycles. The quantitative estimate of drug-likeness (QED) is 0.794. The van der Waals surface area contributed by atoms with E-state index in [1.807, 2.05) is 31.2 Å². The molecule has 19 heavy (non-hydrogen) atoms. The van der Waals surface area contributed by atoms with Gasteiger partial charge in [0.25, 0.3) is 0 Å². The summed E-state index contributed by atoms with van der Waals surface area (Å²) >= 11 is 0. The van der Waals surface area contributed by atoms with Crippen LogP contribution in [0.4, 0.5) is 0 Å². The summed E-state index contributed by atoms with van der Waals surface area (Å²) in [5.74, 6) is 6.03. The molecule has 0 bridgehead atoms. The van der Waals surface area contributed by atoms with E-state index < -0.39 is 0 Å². The van der Waals surface area contributed by atoms with Crippen LogP contribution in [0.2, 0.25) is 0 Å². The lowest BCUT2D eigenvalue weighted by molar-refractivity contribution is -0.124. The van der Waals surface area contributed by atoms with Crippen molar-refractivity contribution in [3.8, 4) is 11.8 Å². The Bertz CT molecular complexity index is 471. The van der Waals surface area contributed by atoms with Gasteiger partial charge in [-0.3, -0.25) is 4.79 Å². The minimum Gasteiger partial charge on any atom is -0.352 e. The maximum Gasteiger partial charge on any atom is 0.223 e. The van der Waals surface area contributed by atoms with E-state index in [0.29, 0.717) is 13.1 Å². The number of nitrogens with two attached hydrogens (primary N) is 1. The Morgan fingerprint density at radius 1 is 1.42 bits per heavy atom. The summed E-state index contributed by atoms with van der Waals surface area (Å²) in [6.07, 6.45) is 1.94. The number of hydrogen-bond donors (Lipinski definition) is 2. The summed E-state index contributed by atoms with van der Waals surface area (Å²) in [5, 5.41) is 2.96. The Kier molecular flexibility index (Phi) is 6.70. The topological polar surface area (TPSA) is 55.1 Å². The molecule has 0 heterocycles. The van der Waals surface area contributed by atoms with Gasteiger partial charge >= 0.3 is 0 Å². The Hall–Kier alpha value is -1.79. The van der Waals surface area contributed by atoms with Crippen molar-refractivity contribution in [2.75, 3.05) is 6.54 Å². The van der Waals surface area contributed by atoms with E-state index in [4.69, 9.17) is 5.73 Å². The zero-order valence-corrected chi connectivity index (χ0v) is 11.7. The maximum atomic E-state index is 11.9. The largest absolute Gasteiger partial charge is 0.352 e. The highest BCUT2D eigenvalue weighted by atomic mass is 16.1. The predicted octanol–water partition coefficient (Wildman–Crippen LogP) is 2.05. The molecule has 0 aliphatic carbocycles. The van der Waals surface area contributed by atoms with E-state index in [9.17, 15) is 4.79 Å². The van der Waals surface area contributed by atoms with E-state index >= 15 is 0 Å². The van der Waals surface area contributed by atoms with Crippen molar-refractivity contribution >= 4 is 5.91 Å². The molecule has 1 aromatic rings. The Morgan fingerprint density at radius 2 is 2.16 bits per heavy atom. The van der Waals surface area contributed by atoms with Crippen LogP contribution in [0.3, 0.4) is 0 Å². The fraction of sp³-hybridized carbons (Fsp3) is 0.438. The van der Waals surface area contributed by atoms with Gasteiger partial charge in [-0.05, 0) is 18.1 Å². The fourth-order valence-electron chi connectivity index (χ4n) is 1.86. The Labute approximate surface area is 115 Å². The first kappa shape index (κ1) is 15.3. The molecule has 0 saturated heterocycles. The van der Waals surface area contributed by atoms with Crippen molar-refractivity contribution in [3.63, 3.8) is 0 Å². The van der Waals surface area contributed by atoms with Gasteiger partial charge in [0.15, 0.2) is 0 Å². The van der Waals surface area contributed by atoms with E-state index in [0.717, 1.165) is 24.0 Å². The Balaban J connectivity index is 2.65. The van der Waals surface area contributed by atoms with Gasteiger partial charge in [0, 0.05) is 18.0 Å². The summed E-state index contributed by atoms with van der Waals surface area (Å²) < 4.78 is 0. The first-order chi connectivity index (χ1) is 9.19.